The summed E-state index contributed by atoms with van der Waals surface area (Å²) in [6.45, 7) is 0. The first-order valence-corrected chi connectivity index (χ1v) is 8.82. The van der Waals surface area contributed by atoms with Gasteiger partial charge in [0.2, 0.25) is 0 Å². The van der Waals surface area contributed by atoms with Gasteiger partial charge in [-0.15, -0.1) is 0 Å². The fourth-order valence-corrected chi connectivity index (χ4v) is 2.72. The molecule has 0 aliphatic heterocycles. The van der Waals surface area contributed by atoms with Crippen molar-refractivity contribution in [1.82, 2.24) is 0 Å². The van der Waals surface area contributed by atoms with E-state index in [1.54, 1.807) is 0 Å². The van der Waals surface area contributed by atoms with E-state index in [4.69, 9.17) is 14.8 Å². The third-order valence-corrected chi connectivity index (χ3v) is 4.47. The predicted octanol–water partition coefficient (Wildman–Crippen LogP) is -0.706. The molecule has 0 bridgehead atoms. The molecule has 0 fully saturated rings. The van der Waals surface area contributed by atoms with Crippen molar-refractivity contribution in [1.29, 1.82) is 0 Å². The second kappa shape index (κ2) is 7.70. The molecule has 0 saturated carbocycles. The maximum atomic E-state index is 11.1. The number of nitrogen functional groups attached to an aromatic ring is 1. The van der Waals surface area contributed by atoms with Crippen LogP contribution in [0.5, 0.6) is 0 Å². The Morgan fingerprint density at radius 2 is 1.33 bits per heavy atom. The molecule has 0 heterocycles. The van der Waals surface area contributed by atoms with E-state index in [2.05, 4.69) is 10.2 Å². The van der Waals surface area contributed by atoms with Gasteiger partial charge in [-0.2, -0.15) is 27.1 Å². The minimum atomic E-state index is -4.48. The van der Waals surface area contributed by atoms with Crippen molar-refractivity contribution in [3.8, 4) is 0 Å². The van der Waals surface area contributed by atoms with Crippen LogP contribution in [-0.2, 0) is 20.2 Å². The van der Waals surface area contributed by atoms with Crippen LogP contribution in [0.25, 0.3) is 0 Å². The number of benzene rings is 2. The van der Waals surface area contributed by atoms with Crippen molar-refractivity contribution in [3.63, 3.8) is 0 Å². The largest absolute Gasteiger partial charge is 1.00 e. The SMILES string of the molecule is Nc1ccc(N=Nc2ccc(S(=O)(=O)O)cc2)cc1S(=O)(=O)O.[H-].[Na+]. The number of nitrogens with zero attached hydrogens (tertiary/aromatic N) is 2. The molecule has 2 rings (SSSR count). The Bertz CT molecular complexity index is 978. The summed E-state index contributed by atoms with van der Waals surface area (Å²) >= 11 is 0. The molecular formula is C12H12N3NaO6S2. The topological polar surface area (TPSA) is 159 Å². The van der Waals surface area contributed by atoms with E-state index in [0.29, 0.717) is 0 Å². The Labute approximate surface area is 161 Å². The molecule has 4 N–H and O–H groups in total. The molecule has 0 spiro atoms. The standard InChI is InChI=1S/C12H11N3O6S2.Na.H/c13-11-6-3-9(7-12(11)23(19,20)21)15-14-8-1-4-10(5-2-8)22(16,17)18;;/h1-7H,13H2,(H,16,17,18)(H,19,20,21);;/q;+1;-1. The predicted molar refractivity (Wildman–Crippen MR) is 82.2 cm³/mol. The molecule has 0 amide bonds. The fourth-order valence-electron chi connectivity index (χ4n) is 1.61. The Morgan fingerprint density at radius 3 is 1.83 bits per heavy atom. The van der Waals surface area contributed by atoms with Gasteiger partial charge in [0, 0.05) is 0 Å². The zero-order valence-electron chi connectivity index (χ0n) is 13.4. The number of azo groups is 1. The monoisotopic (exact) mass is 381 g/mol. The quantitative estimate of drug-likeness (QED) is 0.273. The second-order valence-corrected chi connectivity index (χ2v) is 7.18. The van der Waals surface area contributed by atoms with Crippen LogP contribution < -0.4 is 35.3 Å². The molecule has 24 heavy (non-hydrogen) atoms. The summed E-state index contributed by atoms with van der Waals surface area (Å²) in [6.07, 6.45) is 0. The van der Waals surface area contributed by atoms with E-state index in [1.807, 2.05) is 0 Å². The minimum absolute atomic E-state index is 0. The first-order valence-electron chi connectivity index (χ1n) is 5.94. The number of hydrogen-bond acceptors (Lipinski definition) is 7. The molecule has 12 heteroatoms. The van der Waals surface area contributed by atoms with Gasteiger partial charge in [0.15, 0.2) is 0 Å². The van der Waals surface area contributed by atoms with Crippen molar-refractivity contribution in [2.24, 2.45) is 10.2 Å². The molecule has 0 saturated heterocycles. The zero-order chi connectivity index (χ0) is 17.3. The van der Waals surface area contributed by atoms with Gasteiger partial charge in [-0.05, 0) is 42.5 Å². The van der Waals surface area contributed by atoms with Gasteiger partial charge in [0.05, 0.1) is 22.0 Å². The van der Waals surface area contributed by atoms with Gasteiger partial charge >= 0.3 is 29.6 Å². The second-order valence-electron chi connectivity index (χ2n) is 4.37. The minimum Gasteiger partial charge on any atom is -1.00 e. The van der Waals surface area contributed by atoms with E-state index in [9.17, 15) is 16.8 Å². The van der Waals surface area contributed by atoms with Crippen LogP contribution in [0.1, 0.15) is 1.43 Å². The van der Waals surface area contributed by atoms with Crippen molar-refractivity contribution >= 4 is 37.3 Å². The Morgan fingerprint density at radius 1 is 0.833 bits per heavy atom. The van der Waals surface area contributed by atoms with Gasteiger partial charge in [-0.3, -0.25) is 9.11 Å². The van der Waals surface area contributed by atoms with Crippen LogP contribution in [0.15, 0.2) is 62.5 Å². The summed E-state index contributed by atoms with van der Waals surface area (Å²) in [6, 6.07) is 8.55. The van der Waals surface area contributed by atoms with Gasteiger partial charge in [-0.1, -0.05) is 0 Å². The Hall–Kier alpha value is -1.34. The number of rotatable bonds is 4. The average molecular weight is 381 g/mol. The first-order chi connectivity index (χ1) is 10.6. The summed E-state index contributed by atoms with van der Waals surface area (Å²) in [4.78, 5) is -0.784. The molecule has 124 valence electrons. The van der Waals surface area contributed by atoms with Crippen LogP contribution in [0.4, 0.5) is 17.1 Å². The molecule has 0 atom stereocenters. The van der Waals surface area contributed by atoms with Crippen molar-refractivity contribution in [2.45, 2.75) is 9.79 Å². The zero-order valence-corrected chi connectivity index (χ0v) is 16.0. The average Bonchev–Trinajstić information content (AvgIpc) is 2.44. The molecule has 0 aliphatic carbocycles. The van der Waals surface area contributed by atoms with Gasteiger partial charge in [0.1, 0.15) is 4.90 Å². The smallest absolute Gasteiger partial charge is 1.00 e. The molecule has 0 aromatic heterocycles. The summed E-state index contributed by atoms with van der Waals surface area (Å²) in [7, 11) is -8.78. The maximum absolute atomic E-state index is 11.1. The third kappa shape index (κ3) is 5.34. The number of anilines is 1. The molecule has 2 aromatic rings. The first kappa shape index (κ1) is 20.7. The van der Waals surface area contributed by atoms with Crippen molar-refractivity contribution < 1.29 is 56.9 Å². The van der Waals surface area contributed by atoms with Crippen LogP contribution in [0, 0.1) is 0 Å². The van der Waals surface area contributed by atoms with Gasteiger partial charge in [0.25, 0.3) is 20.2 Å². The van der Waals surface area contributed by atoms with Gasteiger partial charge < -0.3 is 7.16 Å². The normalized spacial score (nSPS) is 12.1. The van der Waals surface area contributed by atoms with E-state index < -0.39 is 25.1 Å². The van der Waals surface area contributed by atoms with E-state index in [0.717, 1.165) is 18.2 Å². The van der Waals surface area contributed by atoms with Crippen LogP contribution in [0.2, 0.25) is 0 Å². The Kier molecular flexibility index (Phi) is 6.64. The molecule has 0 unspecified atom stereocenters. The summed E-state index contributed by atoms with van der Waals surface area (Å²) < 4.78 is 61.9. The summed E-state index contributed by atoms with van der Waals surface area (Å²) in [5.41, 5.74) is 5.70. The molecule has 0 aliphatic rings. The molecular weight excluding hydrogens is 369 g/mol. The number of hydrogen-bond donors (Lipinski definition) is 3. The molecule has 0 radical (unpaired) electrons. The van der Waals surface area contributed by atoms with E-state index >= 15 is 0 Å². The van der Waals surface area contributed by atoms with Crippen LogP contribution in [0.3, 0.4) is 0 Å². The maximum Gasteiger partial charge on any atom is 1.00 e. The van der Waals surface area contributed by atoms with E-state index in [-0.39, 0.29) is 52.9 Å². The van der Waals surface area contributed by atoms with Crippen molar-refractivity contribution in [2.75, 3.05) is 5.73 Å². The molecule has 9 nitrogen and oxygen atoms in total. The van der Waals surface area contributed by atoms with Gasteiger partial charge in [-0.25, -0.2) is 0 Å². The number of nitrogens with two attached hydrogens (primary N) is 1. The fraction of sp³-hybridized carbons (Fsp3) is 0. The van der Waals surface area contributed by atoms with E-state index in [1.165, 1.54) is 24.3 Å². The Balaban J connectivity index is 0.00000288. The van der Waals surface area contributed by atoms with Crippen LogP contribution in [-0.4, -0.2) is 25.9 Å². The summed E-state index contributed by atoms with van der Waals surface area (Å²) in [5.74, 6) is 0. The summed E-state index contributed by atoms with van der Waals surface area (Å²) in [5, 5.41) is 7.55. The molecule has 2 aromatic carbocycles. The van der Waals surface area contributed by atoms with Crippen LogP contribution >= 0.6 is 0 Å². The van der Waals surface area contributed by atoms with Crippen molar-refractivity contribution in [3.05, 3.63) is 42.5 Å². The third-order valence-electron chi connectivity index (χ3n) is 2.69.